The molecule has 2 nitrogen and oxygen atoms in total. The molecule has 72 valence electrons. The molecule has 3 heteroatoms. The van der Waals surface area contributed by atoms with Crippen molar-refractivity contribution in [1.29, 1.82) is 0 Å². The van der Waals surface area contributed by atoms with Crippen molar-refractivity contribution in [2.45, 2.75) is 26.7 Å². The van der Waals surface area contributed by atoms with Gasteiger partial charge in [-0.2, -0.15) is 0 Å². The summed E-state index contributed by atoms with van der Waals surface area (Å²) in [6.45, 7) is 5.70. The summed E-state index contributed by atoms with van der Waals surface area (Å²) in [5, 5.41) is 0. The fourth-order valence-electron chi connectivity index (χ4n) is 1.54. The maximum atomic E-state index is 5.61. The molecule has 0 saturated heterocycles. The van der Waals surface area contributed by atoms with Gasteiger partial charge in [0.1, 0.15) is 13.2 Å². The normalized spacial score (nSPS) is 14.6. The van der Waals surface area contributed by atoms with Gasteiger partial charge in [0, 0.05) is 0 Å². The number of ether oxygens (including phenoxy) is 2. The van der Waals surface area contributed by atoms with Crippen LogP contribution in [0.5, 0.6) is 11.5 Å². The van der Waals surface area contributed by atoms with Crippen LogP contribution in [0.1, 0.15) is 23.6 Å². The van der Waals surface area contributed by atoms with Crippen LogP contribution in [0, 0.1) is 0 Å². The largest absolute Gasteiger partial charge is 0.485 e. The first-order chi connectivity index (χ1) is 6.36. The van der Waals surface area contributed by atoms with E-state index in [1.807, 2.05) is 11.3 Å². The van der Waals surface area contributed by atoms with Gasteiger partial charge in [-0.05, 0) is 12.8 Å². The quantitative estimate of drug-likeness (QED) is 0.727. The third-order valence-corrected chi connectivity index (χ3v) is 3.62. The molecule has 0 aliphatic carbocycles. The summed E-state index contributed by atoms with van der Waals surface area (Å²) in [4.78, 5) is 2.65. The van der Waals surface area contributed by atoms with E-state index in [9.17, 15) is 0 Å². The molecule has 0 unspecified atom stereocenters. The lowest BCUT2D eigenvalue weighted by molar-refractivity contribution is 0.171. The minimum atomic E-state index is 0.694. The van der Waals surface area contributed by atoms with Crippen LogP contribution in [-0.2, 0) is 12.8 Å². The zero-order valence-electron chi connectivity index (χ0n) is 8.05. The Labute approximate surface area is 82.5 Å². The third kappa shape index (κ3) is 1.41. The van der Waals surface area contributed by atoms with Gasteiger partial charge in [0.15, 0.2) is 11.5 Å². The maximum Gasteiger partial charge on any atom is 0.175 e. The summed E-state index contributed by atoms with van der Waals surface area (Å²) in [5.41, 5.74) is 0. The lowest BCUT2D eigenvalue weighted by Gasteiger charge is -2.16. The van der Waals surface area contributed by atoms with Crippen LogP contribution in [0.15, 0.2) is 0 Å². The predicted molar refractivity (Wildman–Crippen MR) is 54.1 cm³/mol. The predicted octanol–water partition coefficient (Wildman–Crippen LogP) is 2.64. The molecule has 0 amide bonds. The second-order valence-electron chi connectivity index (χ2n) is 3.01. The molecule has 2 rings (SSSR count). The highest BCUT2D eigenvalue weighted by atomic mass is 32.1. The molecule has 1 aliphatic heterocycles. The fraction of sp³-hybridized carbons (Fsp3) is 0.600. The molecule has 0 fully saturated rings. The van der Waals surface area contributed by atoms with Crippen molar-refractivity contribution in [2.24, 2.45) is 0 Å². The summed E-state index contributed by atoms with van der Waals surface area (Å²) in [7, 11) is 0. The highest BCUT2D eigenvalue weighted by Crippen LogP contribution is 2.44. The van der Waals surface area contributed by atoms with E-state index in [-0.39, 0.29) is 0 Å². The van der Waals surface area contributed by atoms with E-state index >= 15 is 0 Å². The van der Waals surface area contributed by atoms with Crippen molar-refractivity contribution in [3.8, 4) is 11.5 Å². The molecule has 0 aromatic carbocycles. The summed E-state index contributed by atoms with van der Waals surface area (Å²) in [6.07, 6.45) is 2.08. The number of hydrogen-bond acceptors (Lipinski definition) is 3. The van der Waals surface area contributed by atoms with E-state index < -0.39 is 0 Å². The van der Waals surface area contributed by atoms with Gasteiger partial charge in [-0.1, -0.05) is 13.8 Å². The third-order valence-electron chi connectivity index (χ3n) is 2.18. The Bertz CT molecular complexity index is 276. The molecule has 2 heterocycles. The summed E-state index contributed by atoms with van der Waals surface area (Å²) < 4.78 is 11.2. The molecule has 0 saturated carbocycles. The number of fused-ring (bicyclic) bond motifs is 1. The highest BCUT2D eigenvalue weighted by Gasteiger charge is 2.21. The Morgan fingerprint density at radius 2 is 1.46 bits per heavy atom. The van der Waals surface area contributed by atoms with Crippen LogP contribution in [0.25, 0.3) is 0 Å². The van der Waals surface area contributed by atoms with Gasteiger partial charge in [-0.15, -0.1) is 11.3 Å². The van der Waals surface area contributed by atoms with E-state index in [2.05, 4.69) is 13.8 Å². The zero-order chi connectivity index (χ0) is 9.26. The highest BCUT2D eigenvalue weighted by molar-refractivity contribution is 7.12. The Morgan fingerprint density at radius 1 is 1.00 bits per heavy atom. The number of thiophene rings is 1. The first kappa shape index (κ1) is 8.88. The van der Waals surface area contributed by atoms with E-state index in [1.165, 1.54) is 9.75 Å². The van der Waals surface area contributed by atoms with Crippen molar-refractivity contribution in [2.75, 3.05) is 13.2 Å². The van der Waals surface area contributed by atoms with Crippen molar-refractivity contribution in [3.63, 3.8) is 0 Å². The molecule has 0 atom stereocenters. The van der Waals surface area contributed by atoms with Crippen molar-refractivity contribution in [1.82, 2.24) is 0 Å². The van der Waals surface area contributed by atoms with Gasteiger partial charge in [-0.3, -0.25) is 0 Å². The topological polar surface area (TPSA) is 18.5 Å². The average Bonchev–Trinajstić information content (AvgIpc) is 2.56. The van der Waals surface area contributed by atoms with E-state index in [4.69, 9.17) is 9.47 Å². The summed E-state index contributed by atoms with van der Waals surface area (Å²) >= 11 is 1.83. The number of rotatable bonds is 2. The summed E-state index contributed by atoms with van der Waals surface area (Å²) in [6, 6.07) is 0. The molecule has 0 radical (unpaired) electrons. The van der Waals surface area contributed by atoms with E-state index in [0.29, 0.717) is 13.2 Å². The Kier molecular flexibility index (Phi) is 2.44. The minimum absolute atomic E-state index is 0.694. The van der Waals surface area contributed by atoms with Gasteiger partial charge in [0.05, 0.1) is 9.75 Å². The van der Waals surface area contributed by atoms with Crippen LogP contribution in [0.4, 0.5) is 0 Å². The van der Waals surface area contributed by atoms with Gasteiger partial charge in [0.2, 0.25) is 0 Å². The van der Waals surface area contributed by atoms with Crippen LogP contribution in [-0.4, -0.2) is 13.2 Å². The van der Waals surface area contributed by atoms with Crippen LogP contribution in [0.3, 0.4) is 0 Å². The fourth-order valence-corrected chi connectivity index (χ4v) is 2.61. The zero-order valence-corrected chi connectivity index (χ0v) is 8.87. The van der Waals surface area contributed by atoms with E-state index in [0.717, 1.165) is 24.3 Å². The van der Waals surface area contributed by atoms with Crippen LogP contribution >= 0.6 is 11.3 Å². The molecule has 1 aliphatic rings. The maximum absolute atomic E-state index is 5.61. The van der Waals surface area contributed by atoms with Crippen molar-refractivity contribution in [3.05, 3.63) is 9.75 Å². The van der Waals surface area contributed by atoms with Gasteiger partial charge in [-0.25, -0.2) is 0 Å². The summed E-state index contributed by atoms with van der Waals surface area (Å²) in [5.74, 6) is 2.02. The lowest BCUT2D eigenvalue weighted by Crippen LogP contribution is -2.15. The van der Waals surface area contributed by atoms with Gasteiger partial charge in [0.25, 0.3) is 0 Å². The van der Waals surface area contributed by atoms with Crippen molar-refractivity contribution >= 4 is 11.3 Å². The molecule has 0 bridgehead atoms. The minimum Gasteiger partial charge on any atom is -0.485 e. The Balaban J connectivity index is 2.44. The monoisotopic (exact) mass is 198 g/mol. The van der Waals surface area contributed by atoms with Crippen LogP contribution in [0.2, 0.25) is 0 Å². The first-order valence-corrected chi connectivity index (χ1v) is 5.58. The van der Waals surface area contributed by atoms with Crippen LogP contribution < -0.4 is 9.47 Å². The smallest absolute Gasteiger partial charge is 0.175 e. The van der Waals surface area contributed by atoms with Gasteiger partial charge < -0.3 is 9.47 Å². The second kappa shape index (κ2) is 3.58. The Hall–Kier alpha value is -0.700. The van der Waals surface area contributed by atoms with Crippen molar-refractivity contribution < 1.29 is 9.47 Å². The standard InChI is InChI=1S/C10H14O2S/c1-3-7-9-10(8(4-2)13-7)12-6-5-11-9/h3-6H2,1-2H3. The molecular weight excluding hydrogens is 184 g/mol. The lowest BCUT2D eigenvalue weighted by atomic mass is 10.2. The molecule has 13 heavy (non-hydrogen) atoms. The second-order valence-corrected chi connectivity index (χ2v) is 4.20. The Morgan fingerprint density at radius 3 is 1.85 bits per heavy atom. The molecule has 1 aromatic rings. The molecule has 1 aromatic heterocycles. The number of hydrogen-bond donors (Lipinski definition) is 0. The molecular formula is C10H14O2S. The van der Waals surface area contributed by atoms with Gasteiger partial charge >= 0.3 is 0 Å². The first-order valence-electron chi connectivity index (χ1n) is 4.77. The SMILES string of the molecule is CCc1sc(CC)c2c1OCCO2. The average molecular weight is 198 g/mol. The number of aryl methyl sites for hydroxylation is 2. The molecule has 0 N–H and O–H groups in total. The molecule has 0 spiro atoms. The van der Waals surface area contributed by atoms with E-state index in [1.54, 1.807) is 0 Å².